The Labute approximate surface area is 131 Å². The second-order valence-electron chi connectivity index (χ2n) is 5.31. The first-order valence-electron chi connectivity index (χ1n) is 7.32. The lowest BCUT2D eigenvalue weighted by molar-refractivity contribution is 0.113. The molecule has 1 atom stereocenters. The third-order valence-electron chi connectivity index (χ3n) is 3.52. The van der Waals surface area contributed by atoms with Gasteiger partial charge in [-0.05, 0) is 42.8 Å². The lowest BCUT2D eigenvalue weighted by atomic mass is 10.2. The van der Waals surface area contributed by atoms with Crippen LogP contribution in [0.15, 0.2) is 48.5 Å². The Kier molecular flexibility index (Phi) is 5.67. The molecule has 0 saturated carbocycles. The second kappa shape index (κ2) is 7.71. The van der Waals surface area contributed by atoms with Crippen molar-refractivity contribution < 1.29 is 14.6 Å². The number of nitrogens with zero attached hydrogens (tertiary/aromatic N) is 1. The Morgan fingerprint density at radius 3 is 2.41 bits per heavy atom. The van der Waals surface area contributed by atoms with Crippen LogP contribution in [-0.4, -0.2) is 38.5 Å². The van der Waals surface area contributed by atoms with E-state index in [1.165, 1.54) is 0 Å². The Morgan fingerprint density at radius 1 is 1.09 bits per heavy atom. The smallest absolute Gasteiger partial charge is 0.122 e. The monoisotopic (exact) mass is 301 g/mol. The zero-order valence-electron chi connectivity index (χ0n) is 13.3. The summed E-state index contributed by atoms with van der Waals surface area (Å²) in [5.74, 6) is 1.63. The summed E-state index contributed by atoms with van der Waals surface area (Å²) in [7, 11) is 3.59. The highest BCUT2D eigenvalue weighted by Gasteiger charge is 2.10. The van der Waals surface area contributed by atoms with Crippen molar-refractivity contribution in [2.24, 2.45) is 0 Å². The van der Waals surface area contributed by atoms with Crippen molar-refractivity contribution >= 4 is 5.69 Å². The normalized spacial score (nSPS) is 11.8. The Morgan fingerprint density at radius 2 is 1.77 bits per heavy atom. The summed E-state index contributed by atoms with van der Waals surface area (Å²) in [6.45, 7) is 2.76. The number of anilines is 1. The molecule has 0 radical (unpaired) electrons. The van der Waals surface area contributed by atoms with Gasteiger partial charge in [-0.3, -0.25) is 0 Å². The van der Waals surface area contributed by atoms with E-state index in [-0.39, 0.29) is 6.61 Å². The predicted molar refractivity (Wildman–Crippen MR) is 88.9 cm³/mol. The van der Waals surface area contributed by atoms with Gasteiger partial charge in [0.2, 0.25) is 0 Å². The van der Waals surface area contributed by atoms with Crippen LogP contribution in [0.25, 0.3) is 0 Å². The summed E-state index contributed by atoms with van der Waals surface area (Å²) in [4.78, 5) is 1.99. The van der Waals surface area contributed by atoms with Gasteiger partial charge < -0.3 is 19.5 Å². The fraction of sp³-hybridized carbons (Fsp3) is 0.333. The molecule has 0 bridgehead atoms. The summed E-state index contributed by atoms with van der Waals surface area (Å²) in [6, 6.07) is 15.5. The molecule has 0 amide bonds. The van der Waals surface area contributed by atoms with Crippen LogP contribution < -0.4 is 14.4 Å². The molecule has 0 aliphatic rings. The van der Waals surface area contributed by atoms with Gasteiger partial charge in [-0.25, -0.2) is 0 Å². The van der Waals surface area contributed by atoms with Crippen molar-refractivity contribution in [2.45, 2.75) is 13.0 Å². The number of benzene rings is 2. The number of hydrogen-bond donors (Lipinski definition) is 1. The molecule has 0 spiro atoms. The fourth-order valence-corrected chi connectivity index (χ4v) is 2.22. The molecule has 0 heterocycles. The maximum atomic E-state index is 10.1. The van der Waals surface area contributed by atoms with Crippen molar-refractivity contribution in [1.82, 2.24) is 0 Å². The van der Waals surface area contributed by atoms with E-state index in [0.29, 0.717) is 6.54 Å². The van der Waals surface area contributed by atoms with E-state index in [9.17, 15) is 5.11 Å². The number of ether oxygens (including phenoxy) is 2. The summed E-state index contributed by atoms with van der Waals surface area (Å²) < 4.78 is 10.8. The molecule has 118 valence electrons. The summed E-state index contributed by atoms with van der Waals surface area (Å²) in [5, 5.41) is 10.1. The fourth-order valence-electron chi connectivity index (χ4n) is 2.22. The number of rotatable bonds is 7. The van der Waals surface area contributed by atoms with Crippen LogP contribution >= 0.6 is 0 Å². The topological polar surface area (TPSA) is 41.9 Å². The summed E-state index contributed by atoms with van der Waals surface area (Å²) in [5.41, 5.74) is 2.09. The standard InChI is InChI=1S/C18H23NO3/c1-14-6-4-5-7-18(14)22-13-16(20)12-19(2)15-8-10-17(21-3)11-9-15/h4-11,16,20H,12-13H2,1-3H3. The van der Waals surface area contributed by atoms with Crippen LogP contribution in [0.3, 0.4) is 0 Å². The first-order chi connectivity index (χ1) is 10.6. The molecule has 1 N–H and O–H groups in total. The largest absolute Gasteiger partial charge is 0.497 e. The zero-order chi connectivity index (χ0) is 15.9. The molecule has 4 nitrogen and oxygen atoms in total. The Balaban J connectivity index is 1.85. The SMILES string of the molecule is COc1ccc(N(C)CC(O)COc2ccccc2C)cc1. The molecule has 4 heteroatoms. The van der Waals surface area contributed by atoms with E-state index in [1.54, 1.807) is 7.11 Å². The zero-order valence-corrected chi connectivity index (χ0v) is 13.3. The van der Waals surface area contributed by atoms with Gasteiger partial charge in [-0.2, -0.15) is 0 Å². The lowest BCUT2D eigenvalue weighted by Crippen LogP contribution is -2.33. The van der Waals surface area contributed by atoms with E-state index in [2.05, 4.69) is 0 Å². The predicted octanol–water partition coefficient (Wildman–Crippen LogP) is 2.88. The van der Waals surface area contributed by atoms with Crippen LogP contribution in [0.5, 0.6) is 11.5 Å². The second-order valence-corrected chi connectivity index (χ2v) is 5.31. The minimum absolute atomic E-state index is 0.269. The van der Waals surface area contributed by atoms with Gasteiger partial charge in [0.25, 0.3) is 0 Å². The maximum Gasteiger partial charge on any atom is 0.122 e. The van der Waals surface area contributed by atoms with Crippen molar-refractivity contribution in [2.75, 3.05) is 32.2 Å². The van der Waals surface area contributed by atoms with Crippen molar-refractivity contribution in [3.05, 3.63) is 54.1 Å². The third-order valence-corrected chi connectivity index (χ3v) is 3.52. The molecule has 0 saturated heterocycles. The molecule has 2 aromatic rings. The summed E-state index contributed by atoms with van der Waals surface area (Å²) >= 11 is 0. The third kappa shape index (κ3) is 4.40. The van der Waals surface area contributed by atoms with Crippen LogP contribution in [0.1, 0.15) is 5.56 Å². The van der Waals surface area contributed by atoms with Gasteiger partial charge in [-0.15, -0.1) is 0 Å². The number of aliphatic hydroxyl groups excluding tert-OH is 1. The maximum absolute atomic E-state index is 10.1. The number of aliphatic hydroxyl groups is 1. The highest BCUT2D eigenvalue weighted by atomic mass is 16.5. The first kappa shape index (κ1) is 16.2. The molecular formula is C18H23NO3. The number of para-hydroxylation sites is 1. The van der Waals surface area contributed by atoms with Crippen molar-refractivity contribution in [3.8, 4) is 11.5 Å². The number of hydrogen-bond acceptors (Lipinski definition) is 4. The number of likely N-dealkylation sites (N-methyl/N-ethyl adjacent to an activating group) is 1. The molecule has 0 aromatic heterocycles. The van der Waals surface area contributed by atoms with E-state index in [0.717, 1.165) is 22.7 Å². The highest BCUT2D eigenvalue weighted by Crippen LogP contribution is 2.19. The van der Waals surface area contributed by atoms with Crippen molar-refractivity contribution in [3.63, 3.8) is 0 Å². The summed E-state index contributed by atoms with van der Waals surface area (Å²) in [6.07, 6.45) is -0.563. The number of methoxy groups -OCH3 is 1. The van der Waals surface area contributed by atoms with E-state index in [4.69, 9.17) is 9.47 Å². The van der Waals surface area contributed by atoms with E-state index >= 15 is 0 Å². The van der Waals surface area contributed by atoms with Gasteiger partial charge in [0.05, 0.1) is 7.11 Å². The van der Waals surface area contributed by atoms with Crippen LogP contribution in [0.2, 0.25) is 0 Å². The Hall–Kier alpha value is -2.20. The molecule has 2 rings (SSSR count). The molecule has 2 aromatic carbocycles. The average molecular weight is 301 g/mol. The van der Waals surface area contributed by atoms with Gasteiger partial charge in [0.1, 0.15) is 24.2 Å². The molecule has 22 heavy (non-hydrogen) atoms. The minimum Gasteiger partial charge on any atom is -0.497 e. The van der Waals surface area contributed by atoms with Crippen LogP contribution in [0, 0.1) is 6.92 Å². The molecule has 0 fully saturated rings. The Bertz CT molecular complexity index is 583. The first-order valence-corrected chi connectivity index (χ1v) is 7.32. The van der Waals surface area contributed by atoms with Crippen LogP contribution in [-0.2, 0) is 0 Å². The lowest BCUT2D eigenvalue weighted by Gasteiger charge is -2.23. The van der Waals surface area contributed by atoms with Gasteiger partial charge >= 0.3 is 0 Å². The minimum atomic E-state index is -0.563. The molecule has 0 aliphatic carbocycles. The van der Waals surface area contributed by atoms with E-state index < -0.39 is 6.10 Å². The number of aryl methyl sites for hydroxylation is 1. The van der Waals surface area contributed by atoms with Crippen LogP contribution in [0.4, 0.5) is 5.69 Å². The average Bonchev–Trinajstić information content (AvgIpc) is 2.54. The van der Waals surface area contributed by atoms with Gasteiger partial charge in [-0.1, -0.05) is 18.2 Å². The van der Waals surface area contributed by atoms with Gasteiger partial charge in [0.15, 0.2) is 0 Å². The quantitative estimate of drug-likeness (QED) is 0.854. The molecule has 0 aliphatic heterocycles. The van der Waals surface area contributed by atoms with Crippen molar-refractivity contribution in [1.29, 1.82) is 0 Å². The highest BCUT2D eigenvalue weighted by molar-refractivity contribution is 5.48. The molecular weight excluding hydrogens is 278 g/mol. The van der Waals surface area contributed by atoms with Gasteiger partial charge in [0, 0.05) is 19.3 Å². The molecule has 1 unspecified atom stereocenters. The van der Waals surface area contributed by atoms with E-state index in [1.807, 2.05) is 67.4 Å².